The zero-order chi connectivity index (χ0) is 13.1. The maximum Gasteiger partial charge on any atom is 0.161 e. The molecular weight excluding hydrogens is 287 g/mol. The molecule has 0 saturated heterocycles. The molecule has 0 aromatic heterocycles. The van der Waals surface area contributed by atoms with Crippen LogP contribution in [0, 0.1) is 0 Å². The molecule has 0 aliphatic carbocycles. The Balaban J connectivity index is 2.22. The SMILES string of the molecule is CC(=O)c1ccc(Sc2ccc(Cl)cc2)cc1Cl. The minimum atomic E-state index is -0.0250. The molecule has 2 aromatic rings. The summed E-state index contributed by atoms with van der Waals surface area (Å²) in [6, 6.07) is 13.0. The van der Waals surface area contributed by atoms with Gasteiger partial charge in [0.15, 0.2) is 5.78 Å². The summed E-state index contributed by atoms with van der Waals surface area (Å²) in [5.74, 6) is -0.0250. The monoisotopic (exact) mass is 296 g/mol. The van der Waals surface area contributed by atoms with E-state index >= 15 is 0 Å². The molecule has 0 N–H and O–H groups in total. The van der Waals surface area contributed by atoms with Crippen molar-refractivity contribution >= 4 is 40.7 Å². The van der Waals surface area contributed by atoms with Gasteiger partial charge in [0, 0.05) is 20.4 Å². The molecule has 0 spiro atoms. The van der Waals surface area contributed by atoms with E-state index in [1.54, 1.807) is 23.9 Å². The van der Waals surface area contributed by atoms with Gasteiger partial charge in [-0.05, 0) is 49.4 Å². The van der Waals surface area contributed by atoms with Crippen molar-refractivity contribution in [1.29, 1.82) is 0 Å². The second-order valence-corrected chi connectivity index (χ2v) is 5.74. The van der Waals surface area contributed by atoms with E-state index in [0.717, 1.165) is 9.79 Å². The van der Waals surface area contributed by atoms with Crippen LogP contribution in [-0.2, 0) is 0 Å². The maximum absolute atomic E-state index is 11.3. The van der Waals surface area contributed by atoms with Crippen LogP contribution in [0.1, 0.15) is 17.3 Å². The first-order valence-corrected chi connectivity index (χ1v) is 6.87. The van der Waals surface area contributed by atoms with Gasteiger partial charge in [-0.15, -0.1) is 0 Å². The number of rotatable bonds is 3. The molecule has 1 nitrogen and oxygen atoms in total. The van der Waals surface area contributed by atoms with Crippen LogP contribution in [0.5, 0.6) is 0 Å². The normalized spacial score (nSPS) is 10.4. The lowest BCUT2D eigenvalue weighted by Crippen LogP contribution is -1.92. The second kappa shape index (κ2) is 5.79. The summed E-state index contributed by atoms with van der Waals surface area (Å²) < 4.78 is 0. The van der Waals surface area contributed by atoms with Crippen LogP contribution in [-0.4, -0.2) is 5.78 Å². The van der Waals surface area contributed by atoms with Crippen LogP contribution in [0.25, 0.3) is 0 Å². The average molecular weight is 297 g/mol. The second-order valence-electron chi connectivity index (χ2n) is 3.75. The van der Waals surface area contributed by atoms with Crippen LogP contribution >= 0.6 is 35.0 Å². The number of hydrogen-bond donors (Lipinski definition) is 0. The Morgan fingerprint density at radius 1 is 1.00 bits per heavy atom. The summed E-state index contributed by atoms with van der Waals surface area (Å²) >= 11 is 13.5. The van der Waals surface area contributed by atoms with E-state index < -0.39 is 0 Å². The molecule has 2 aromatic carbocycles. The number of ketones is 1. The van der Waals surface area contributed by atoms with E-state index in [2.05, 4.69) is 0 Å². The van der Waals surface area contributed by atoms with Gasteiger partial charge >= 0.3 is 0 Å². The number of carbonyl (C=O) groups is 1. The number of hydrogen-bond acceptors (Lipinski definition) is 2. The first-order chi connectivity index (χ1) is 8.56. The van der Waals surface area contributed by atoms with Gasteiger partial charge in [-0.2, -0.15) is 0 Å². The lowest BCUT2D eigenvalue weighted by molar-refractivity contribution is 0.101. The molecule has 0 unspecified atom stereocenters. The van der Waals surface area contributed by atoms with Crippen LogP contribution in [0.2, 0.25) is 10.0 Å². The van der Waals surface area contributed by atoms with Crippen molar-refractivity contribution in [3.8, 4) is 0 Å². The number of halogens is 2. The van der Waals surface area contributed by atoms with E-state index in [-0.39, 0.29) is 5.78 Å². The summed E-state index contributed by atoms with van der Waals surface area (Å²) in [7, 11) is 0. The molecule has 0 amide bonds. The Morgan fingerprint density at radius 3 is 2.17 bits per heavy atom. The van der Waals surface area contributed by atoms with E-state index in [1.807, 2.05) is 30.3 Å². The molecule has 0 bridgehead atoms. The smallest absolute Gasteiger partial charge is 0.161 e. The third kappa shape index (κ3) is 3.29. The van der Waals surface area contributed by atoms with E-state index in [4.69, 9.17) is 23.2 Å². The highest BCUT2D eigenvalue weighted by molar-refractivity contribution is 7.99. The van der Waals surface area contributed by atoms with Gasteiger partial charge in [-0.3, -0.25) is 4.79 Å². The molecular formula is C14H10Cl2OS. The Kier molecular flexibility index (Phi) is 4.33. The van der Waals surface area contributed by atoms with E-state index in [1.165, 1.54) is 6.92 Å². The maximum atomic E-state index is 11.3. The molecule has 0 atom stereocenters. The summed E-state index contributed by atoms with van der Waals surface area (Å²) in [4.78, 5) is 13.3. The molecule has 0 aliphatic heterocycles. The lowest BCUT2D eigenvalue weighted by atomic mass is 10.1. The minimum Gasteiger partial charge on any atom is -0.294 e. The fraction of sp³-hybridized carbons (Fsp3) is 0.0714. The topological polar surface area (TPSA) is 17.1 Å². The van der Waals surface area contributed by atoms with Crippen LogP contribution in [0.3, 0.4) is 0 Å². The highest BCUT2D eigenvalue weighted by Crippen LogP contribution is 2.31. The van der Waals surface area contributed by atoms with Gasteiger partial charge in [-0.1, -0.05) is 35.0 Å². The highest BCUT2D eigenvalue weighted by Gasteiger charge is 2.07. The average Bonchev–Trinajstić information content (AvgIpc) is 2.32. The molecule has 0 fully saturated rings. The fourth-order valence-corrected chi connectivity index (χ4v) is 2.85. The van der Waals surface area contributed by atoms with E-state index in [0.29, 0.717) is 15.6 Å². The molecule has 4 heteroatoms. The van der Waals surface area contributed by atoms with Gasteiger partial charge in [-0.25, -0.2) is 0 Å². The highest BCUT2D eigenvalue weighted by atomic mass is 35.5. The Morgan fingerprint density at radius 2 is 1.61 bits per heavy atom. The van der Waals surface area contributed by atoms with Crippen molar-refractivity contribution in [3.63, 3.8) is 0 Å². The van der Waals surface area contributed by atoms with Crippen molar-refractivity contribution in [2.24, 2.45) is 0 Å². The van der Waals surface area contributed by atoms with Gasteiger partial charge in [0.2, 0.25) is 0 Å². The predicted octanol–water partition coefficient (Wildman–Crippen LogP) is 5.35. The summed E-state index contributed by atoms with van der Waals surface area (Å²) in [5, 5.41) is 1.20. The third-order valence-corrected chi connectivity index (χ3v) is 3.93. The summed E-state index contributed by atoms with van der Waals surface area (Å²) in [6.45, 7) is 1.51. The summed E-state index contributed by atoms with van der Waals surface area (Å²) in [6.07, 6.45) is 0. The van der Waals surface area contributed by atoms with E-state index in [9.17, 15) is 4.79 Å². The van der Waals surface area contributed by atoms with Gasteiger partial charge in [0.1, 0.15) is 0 Å². The van der Waals surface area contributed by atoms with Crippen molar-refractivity contribution in [1.82, 2.24) is 0 Å². The number of benzene rings is 2. The Labute approximate surface area is 120 Å². The predicted molar refractivity (Wildman–Crippen MR) is 77.0 cm³/mol. The van der Waals surface area contributed by atoms with Crippen molar-refractivity contribution in [3.05, 3.63) is 58.1 Å². The van der Waals surface area contributed by atoms with Crippen molar-refractivity contribution < 1.29 is 4.79 Å². The molecule has 18 heavy (non-hydrogen) atoms. The molecule has 2 rings (SSSR count). The minimum absolute atomic E-state index is 0.0250. The molecule has 0 aliphatic rings. The van der Waals surface area contributed by atoms with Gasteiger partial charge < -0.3 is 0 Å². The molecule has 0 saturated carbocycles. The molecule has 92 valence electrons. The van der Waals surface area contributed by atoms with Crippen LogP contribution in [0.4, 0.5) is 0 Å². The van der Waals surface area contributed by atoms with Crippen molar-refractivity contribution in [2.45, 2.75) is 16.7 Å². The van der Waals surface area contributed by atoms with Crippen LogP contribution in [0.15, 0.2) is 52.3 Å². The Bertz CT molecular complexity index is 579. The molecule has 0 radical (unpaired) electrons. The van der Waals surface area contributed by atoms with Crippen LogP contribution < -0.4 is 0 Å². The largest absolute Gasteiger partial charge is 0.294 e. The quantitative estimate of drug-likeness (QED) is 0.711. The van der Waals surface area contributed by atoms with Crippen molar-refractivity contribution in [2.75, 3.05) is 0 Å². The summed E-state index contributed by atoms with van der Waals surface area (Å²) in [5.41, 5.74) is 0.553. The number of Topliss-reactive ketones (excluding diaryl/α,β-unsaturated/α-hetero) is 1. The fourth-order valence-electron chi connectivity index (χ4n) is 1.48. The lowest BCUT2D eigenvalue weighted by Gasteiger charge is -2.05. The first kappa shape index (κ1) is 13.5. The van der Waals surface area contributed by atoms with Gasteiger partial charge in [0.25, 0.3) is 0 Å². The zero-order valence-electron chi connectivity index (χ0n) is 9.61. The Hall–Kier alpha value is -0.960. The number of carbonyl (C=O) groups excluding carboxylic acids is 1. The standard InChI is InChI=1S/C14H10Cl2OS/c1-9(17)13-7-6-12(8-14(13)16)18-11-4-2-10(15)3-5-11/h2-8H,1H3. The van der Waals surface area contributed by atoms with Gasteiger partial charge in [0.05, 0.1) is 5.02 Å². The third-order valence-electron chi connectivity index (χ3n) is 2.37. The first-order valence-electron chi connectivity index (χ1n) is 5.30. The zero-order valence-corrected chi connectivity index (χ0v) is 11.9. The molecule has 0 heterocycles.